The summed E-state index contributed by atoms with van der Waals surface area (Å²) in [5.41, 5.74) is 0.883. The highest BCUT2D eigenvalue weighted by Crippen LogP contribution is 2.44. The highest BCUT2D eigenvalue weighted by Gasteiger charge is 2.52. The zero-order valence-electron chi connectivity index (χ0n) is 12.4. The fraction of sp³-hybridized carbons (Fsp3) is 0.438. The van der Waals surface area contributed by atoms with Gasteiger partial charge in [-0.1, -0.05) is 31.9 Å². The van der Waals surface area contributed by atoms with Crippen LogP contribution in [-0.4, -0.2) is 34.5 Å². The van der Waals surface area contributed by atoms with E-state index in [1.54, 1.807) is 24.3 Å². The van der Waals surface area contributed by atoms with Crippen LogP contribution >= 0.6 is 31.9 Å². The van der Waals surface area contributed by atoms with Gasteiger partial charge in [0.1, 0.15) is 0 Å². The number of esters is 1. The van der Waals surface area contributed by atoms with E-state index in [4.69, 9.17) is 0 Å². The van der Waals surface area contributed by atoms with Crippen LogP contribution in [0.4, 0.5) is 5.69 Å². The third kappa shape index (κ3) is 2.85. The molecule has 1 aliphatic carbocycles. The molecule has 1 saturated carbocycles. The van der Waals surface area contributed by atoms with Crippen LogP contribution in [0.5, 0.6) is 0 Å². The maximum absolute atomic E-state index is 12.7. The highest BCUT2D eigenvalue weighted by atomic mass is 79.9. The van der Waals surface area contributed by atoms with E-state index in [0.717, 1.165) is 0 Å². The number of methoxy groups -OCH3 is 1. The van der Waals surface area contributed by atoms with Crippen molar-refractivity contribution in [3.8, 4) is 0 Å². The predicted molar refractivity (Wildman–Crippen MR) is 91.9 cm³/mol. The number of carbonyl (C=O) groups is 3. The molecule has 0 aromatic heterocycles. The molecule has 1 saturated heterocycles. The number of ether oxygens (including phenoxy) is 1. The molecule has 2 aliphatic rings. The first-order valence-electron chi connectivity index (χ1n) is 7.28. The number of carbonyl (C=O) groups excluding carboxylic acids is 3. The molecule has 0 radical (unpaired) electrons. The van der Waals surface area contributed by atoms with Crippen LogP contribution in [0.15, 0.2) is 24.3 Å². The summed E-state index contributed by atoms with van der Waals surface area (Å²) in [5, 5.41) is 0. The molecule has 4 atom stereocenters. The van der Waals surface area contributed by atoms with Crippen molar-refractivity contribution in [2.45, 2.75) is 22.5 Å². The van der Waals surface area contributed by atoms with Gasteiger partial charge >= 0.3 is 5.97 Å². The number of anilines is 1. The van der Waals surface area contributed by atoms with Crippen molar-refractivity contribution >= 4 is 55.3 Å². The highest BCUT2D eigenvalue weighted by molar-refractivity contribution is 9.12. The van der Waals surface area contributed by atoms with E-state index in [2.05, 4.69) is 36.6 Å². The second kappa shape index (κ2) is 6.36. The van der Waals surface area contributed by atoms with Crippen LogP contribution in [0.1, 0.15) is 23.2 Å². The van der Waals surface area contributed by atoms with Crippen LogP contribution in [0.2, 0.25) is 0 Å². The quantitative estimate of drug-likeness (QED) is 0.399. The maximum atomic E-state index is 12.7. The Bertz CT molecular complexity index is 633. The lowest BCUT2D eigenvalue weighted by Gasteiger charge is -2.29. The van der Waals surface area contributed by atoms with Crippen molar-refractivity contribution in [2.75, 3.05) is 12.0 Å². The first-order valence-corrected chi connectivity index (χ1v) is 9.11. The Labute approximate surface area is 150 Å². The SMILES string of the molecule is COC(=O)c1ccc(N2C(=O)[C@H]3C[C@@H](Br)[C@H](Br)C[C@@H]3C2=O)cc1. The number of rotatable bonds is 2. The smallest absolute Gasteiger partial charge is 0.337 e. The molecule has 122 valence electrons. The van der Waals surface area contributed by atoms with Crippen molar-refractivity contribution in [1.82, 2.24) is 0 Å². The molecule has 0 N–H and O–H groups in total. The van der Waals surface area contributed by atoms with Crippen molar-refractivity contribution in [3.05, 3.63) is 29.8 Å². The van der Waals surface area contributed by atoms with E-state index in [1.165, 1.54) is 12.0 Å². The summed E-state index contributed by atoms with van der Waals surface area (Å²) in [7, 11) is 1.31. The summed E-state index contributed by atoms with van der Waals surface area (Å²) in [6.07, 6.45) is 1.28. The Morgan fingerprint density at radius 3 is 1.96 bits per heavy atom. The third-order valence-corrected chi connectivity index (χ3v) is 7.19. The van der Waals surface area contributed by atoms with Gasteiger partial charge in [-0.3, -0.25) is 14.5 Å². The van der Waals surface area contributed by atoms with Crippen LogP contribution in [-0.2, 0) is 14.3 Å². The van der Waals surface area contributed by atoms with Crippen LogP contribution in [0, 0.1) is 11.8 Å². The van der Waals surface area contributed by atoms with E-state index >= 15 is 0 Å². The Morgan fingerprint density at radius 1 is 1.04 bits per heavy atom. The number of amides is 2. The molecule has 1 aromatic carbocycles. The van der Waals surface area contributed by atoms with Gasteiger partial charge in [0.05, 0.1) is 30.2 Å². The Balaban J connectivity index is 1.87. The normalized spacial score (nSPS) is 30.3. The van der Waals surface area contributed by atoms with Gasteiger partial charge in [-0.05, 0) is 37.1 Å². The monoisotopic (exact) mass is 443 g/mol. The third-order valence-electron chi connectivity index (χ3n) is 4.46. The first-order chi connectivity index (χ1) is 10.9. The number of halogens is 2. The van der Waals surface area contributed by atoms with E-state index in [1.807, 2.05) is 0 Å². The Kier molecular flexibility index (Phi) is 4.60. The zero-order chi connectivity index (χ0) is 16.7. The molecule has 0 unspecified atom stereocenters. The van der Waals surface area contributed by atoms with E-state index in [9.17, 15) is 14.4 Å². The Morgan fingerprint density at radius 2 is 1.52 bits per heavy atom. The lowest BCUT2D eigenvalue weighted by molar-refractivity contribution is -0.122. The summed E-state index contributed by atoms with van der Waals surface area (Å²) in [5.74, 6) is -1.32. The minimum atomic E-state index is -0.450. The van der Waals surface area contributed by atoms with E-state index in [-0.39, 0.29) is 33.3 Å². The minimum absolute atomic E-state index is 0.158. The second-order valence-electron chi connectivity index (χ2n) is 5.77. The van der Waals surface area contributed by atoms with Gasteiger partial charge in [-0.2, -0.15) is 0 Å². The van der Waals surface area contributed by atoms with Gasteiger partial charge in [0, 0.05) is 9.65 Å². The fourth-order valence-corrected chi connectivity index (χ4v) is 4.45. The summed E-state index contributed by atoms with van der Waals surface area (Å²) in [6.45, 7) is 0. The standard InChI is InChI=1S/C16H15Br2NO4/c1-23-16(22)8-2-4-9(5-3-8)19-14(20)10-6-12(17)13(18)7-11(10)15(19)21/h2-5,10-13H,6-7H2,1H3/t10-,11-,12+,13+/m0/s1. The molecule has 0 spiro atoms. The number of fused-ring (bicyclic) bond motifs is 1. The first kappa shape index (κ1) is 16.6. The average molecular weight is 445 g/mol. The van der Waals surface area contributed by atoms with Gasteiger partial charge < -0.3 is 4.74 Å². The van der Waals surface area contributed by atoms with Crippen LogP contribution < -0.4 is 4.90 Å². The predicted octanol–water partition coefficient (Wildman–Crippen LogP) is 2.90. The van der Waals surface area contributed by atoms with Crippen molar-refractivity contribution in [3.63, 3.8) is 0 Å². The summed E-state index contributed by atoms with van der Waals surface area (Å²) in [4.78, 5) is 38.4. The molecule has 5 nitrogen and oxygen atoms in total. The number of nitrogens with zero attached hydrogens (tertiary/aromatic N) is 1. The zero-order valence-corrected chi connectivity index (χ0v) is 15.5. The molecule has 2 fully saturated rings. The minimum Gasteiger partial charge on any atom is -0.465 e. The molecule has 3 rings (SSSR count). The average Bonchev–Trinajstić information content (AvgIpc) is 2.78. The van der Waals surface area contributed by atoms with Crippen LogP contribution in [0.3, 0.4) is 0 Å². The van der Waals surface area contributed by atoms with Crippen molar-refractivity contribution in [2.24, 2.45) is 11.8 Å². The fourth-order valence-electron chi connectivity index (χ4n) is 3.21. The topological polar surface area (TPSA) is 63.7 Å². The van der Waals surface area contributed by atoms with Crippen molar-refractivity contribution < 1.29 is 19.1 Å². The molecule has 1 heterocycles. The lowest BCUT2D eigenvalue weighted by Crippen LogP contribution is -2.34. The molecular weight excluding hydrogens is 430 g/mol. The van der Waals surface area contributed by atoms with Gasteiger partial charge in [0.25, 0.3) is 0 Å². The number of hydrogen-bond donors (Lipinski definition) is 0. The van der Waals surface area contributed by atoms with E-state index < -0.39 is 5.97 Å². The molecule has 7 heteroatoms. The summed E-state index contributed by atoms with van der Waals surface area (Å²) < 4.78 is 4.65. The van der Waals surface area contributed by atoms with Gasteiger partial charge in [-0.15, -0.1) is 0 Å². The largest absolute Gasteiger partial charge is 0.465 e. The number of imide groups is 1. The molecule has 1 aliphatic heterocycles. The van der Waals surface area contributed by atoms with Crippen LogP contribution in [0.25, 0.3) is 0 Å². The second-order valence-corrected chi connectivity index (χ2v) is 8.12. The molecule has 23 heavy (non-hydrogen) atoms. The molecular formula is C16H15Br2NO4. The maximum Gasteiger partial charge on any atom is 0.337 e. The molecule has 0 bridgehead atoms. The number of hydrogen-bond acceptors (Lipinski definition) is 4. The molecule has 1 aromatic rings. The van der Waals surface area contributed by atoms with Gasteiger partial charge in [0.15, 0.2) is 0 Å². The summed E-state index contributed by atoms with van der Waals surface area (Å²) in [6, 6.07) is 6.34. The number of benzene rings is 1. The Hall–Kier alpha value is -1.21. The van der Waals surface area contributed by atoms with Gasteiger partial charge in [0.2, 0.25) is 11.8 Å². The van der Waals surface area contributed by atoms with Crippen molar-refractivity contribution in [1.29, 1.82) is 0 Å². The van der Waals surface area contributed by atoms with E-state index in [0.29, 0.717) is 24.1 Å². The number of alkyl halides is 2. The molecule has 2 amide bonds. The lowest BCUT2D eigenvalue weighted by atomic mass is 9.81. The van der Waals surface area contributed by atoms with Gasteiger partial charge in [-0.25, -0.2) is 4.79 Å². The summed E-state index contributed by atoms with van der Waals surface area (Å²) >= 11 is 7.13.